The number of halogens is 4. The van der Waals surface area contributed by atoms with Gasteiger partial charge in [-0.15, -0.1) is 0 Å². The van der Waals surface area contributed by atoms with Crippen molar-refractivity contribution in [3.8, 4) is 0 Å². The van der Waals surface area contributed by atoms with E-state index in [-0.39, 0.29) is 15.9 Å². The summed E-state index contributed by atoms with van der Waals surface area (Å²) in [5, 5.41) is 9.12. The number of aliphatic hydroxyl groups excluding tert-OH is 1. The minimum Gasteiger partial charge on any atom is -0.392 e. The highest BCUT2D eigenvalue weighted by atomic mass is 79.9. The highest BCUT2D eigenvalue weighted by molar-refractivity contribution is 9.10. The molecule has 0 radical (unpaired) electrons. The van der Waals surface area contributed by atoms with Gasteiger partial charge in [0.1, 0.15) is 6.54 Å². The van der Waals surface area contributed by atoms with Crippen molar-refractivity contribution in [2.75, 3.05) is 13.1 Å². The Balaban J connectivity index is 3.38. The van der Waals surface area contributed by atoms with Gasteiger partial charge >= 0.3 is 6.18 Å². The summed E-state index contributed by atoms with van der Waals surface area (Å²) in [6.45, 7) is 0.668. The molecule has 120 valence electrons. The molecular weight excluding hydrogens is 375 g/mol. The molecule has 0 amide bonds. The molecule has 0 saturated carbocycles. The van der Waals surface area contributed by atoms with E-state index in [1.165, 1.54) is 13.0 Å². The maximum atomic E-state index is 12.5. The Morgan fingerprint density at radius 1 is 1.33 bits per heavy atom. The normalized spacial score (nSPS) is 13.0. The Bertz CT molecular complexity index is 617. The summed E-state index contributed by atoms with van der Waals surface area (Å²) in [6, 6.07) is 2.73. The molecule has 0 unspecified atom stereocenters. The van der Waals surface area contributed by atoms with E-state index < -0.39 is 29.4 Å². The average Bonchev–Trinajstić information content (AvgIpc) is 2.37. The maximum Gasteiger partial charge on any atom is 0.402 e. The van der Waals surface area contributed by atoms with Gasteiger partial charge in [-0.05, 0) is 40.0 Å². The van der Waals surface area contributed by atoms with Gasteiger partial charge < -0.3 is 5.11 Å². The molecule has 4 nitrogen and oxygen atoms in total. The molecule has 0 atom stereocenters. The topological polar surface area (TPSA) is 57.6 Å². The van der Waals surface area contributed by atoms with E-state index in [1.807, 2.05) is 0 Å². The van der Waals surface area contributed by atoms with Crippen molar-refractivity contribution in [3.63, 3.8) is 0 Å². The van der Waals surface area contributed by atoms with E-state index >= 15 is 0 Å². The summed E-state index contributed by atoms with van der Waals surface area (Å²) in [7, 11) is -4.31. The molecule has 21 heavy (non-hydrogen) atoms. The first-order chi connectivity index (χ1) is 9.52. The lowest BCUT2D eigenvalue weighted by molar-refractivity contribution is -0.135. The summed E-state index contributed by atoms with van der Waals surface area (Å²) in [6.07, 6.45) is -4.63. The van der Waals surface area contributed by atoms with Crippen LogP contribution in [0.25, 0.3) is 0 Å². The largest absolute Gasteiger partial charge is 0.402 e. The number of rotatable bonds is 5. The predicted molar refractivity (Wildman–Crippen MR) is 75.3 cm³/mol. The third kappa shape index (κ3) is 4.41. The Morgan fingerprint density at radius 2 is 1.90 bits per heavy atom. The Labute approximate surface area is 129 Å². The molecule has 0 aliphatic rings. The van der Waals surface area contributed by atoms with Crippen molar-refractivity contribution in [2.24, 2.45) is 0 Å². The molecular formula is C12H15BrF3NO3S. The van der Waals surface area contributed by atoms with E-state index in [1.54, 1.807) is 13.0 Å². The zero-order valence-electron chi connectivity index (χ0n) is 11.4. The SMILES string of the molecule is CCN(CC(F)(F)F)S(=O)(=O)c1cc(CO)cc(C)c1Br. The molecule has 0 fully saturated rings. The molecule has 0 spiro atoms. The van der Waals surface area contributed by atoms with Crippen molar-refractivity contribution in [3.05, 3.63) is 27.7 Å². The zero-order valence-corrected chi connectivity index (χ0v) is 13.8. The second-order valence-electron chi connectivity index (χ2n) is 4.43. The number of aryl methyl sites for hydroxylation is 1. The third-order valence-corrected chi connectivity index (χ3v) is 6.05. The Hall–Kier alpha value is -0.640. The van der Waals surface area contributed by atoms with Crippen LogP contribution in [0.2, 0.25) is 0 Å². The van der Waals surface area contributed by atoms with Crippen molar-refractivity contribution in [1.29, 1.82) is 0 Å². The molecule has 1 aromatic carbocycles. The predicted octanol–water partition coefficient (Wildman–Crippen LogP) is 2.82. The van der Waals surface area contributed by atoms with E-state index in [2.05, 4.69) is 15.9 Å². The number of benzene rings is 1. The number of hydrogen-bond acceptors (Lipinski definition) is 3. The second-order valence-corrected chi connectivity index (χ2v) is 7.13. The van der Waals surface area contributed by atoms with E-state index in [0.29, 0.717) is 15.4 Å². The minimum absolute atomic E-state index is 0.195. The lowest BCUT2D eigenvalue weighted by atomic mass is 10.1. The summed E-state index contributed by atoms with van der Waals surface area (Å²) in [5.41, 5.74) is 0.834. The number of alkyl halides is 3. The highest BCUT2D eigenvalue weighted by Gasteiger charge is 2.37. The molecule has 0 heterocycles. The first kappa shape index (κ1) is 18.4. The van der Waals surface area contributed by atoms with E-state index in [4.69, 9.17) is 5.11 Å². The molecule has 0 aliphatic heterocycles. The van der Waals surface area contributed by atoms with Crippen LogP contribution in [-0.4, -0.2) is 37.1 Å². The van der Waals surface area contributed by atoms with Crippen LogP contribution in [0.15, 0.2) is 21.5 Å². The first-order valence-corrected chi connectivity index (χ1v) is 8.23. The average molecular weight is 390 g/mol. The molecule has 0 bridgehead atoms. The van der Waals surface area contributed by atoms with Crippen LogP contribution in [0.4, 0.5) is 13.2 Å². The first-order valence-electron chi connectivity index (χ1n) is 5.99. The standard InChI is InChI=1S/C12H15BrF3NO3S/c1-3-17(7-12(14,15)16)21(19,20)10-5-9(6-18)4-8(2)11(10)13/h4-5,18H,3,6-7H2,1-2H3. The molecule has 1 N–H and O–H groups in total. The van der Waals surface area contributed by atoms with Crippen LogP contribution in [0.5, 0.6) is 0 Å². The maximum absolute atomic E-state index is 12.5. The lowest BCUT2D eigenvalue weighted by Crippen LogP contribution is -2.39. The fraction of sp³-hybridized carbons (Fsp3) is 0.500. The van der Waals surface area contributed by atoms with E-state index in [9.17, 15) is 21.6 Å². The quantitative estimate of drug-likeness (QED) is 0.842. The van der Waals surface area contributed by atoms with Gasteiger partial charge in [0.05, 0.1) is 11.5 Å². The molecule has 0 aromatic heterocycles. The molecule has 1 aromatic rings. The summed E-state index contributed by atoms with van der Waals surface area (Å²) in [4.78, 5) is -0.280. The summed E-state index contributed by atoms with van der Waals surface area (Å²) < 4.78 is 62.9. The molecule has 0 saturated heterocycles. The van der Waals surface area contributed by atoms with Gasteiger partial charge in [0.2, 0.25) is 10.0 Å². The smallest absolute Gasteiger partial charge is 0.392 e. The Kier molecular flexibility index (Phi) is 5.82. The van der Waals surface area contributed by atoms with Crippen LogP contribution in [0, 0.1) is 6.92 Å². The summed E-state index contributed by atoms with van der Waals surface area (Å²) in [5.74, 6) is 0. The van der Waals surface area contributed by atoms with Gasteiger partial charge in [0.15, 0.2) is 0 Å². The van der Waals surface area contributed by atoms with Gasteiger partial charge in [-0.1, -0.05) is 13.0 Å². The van der Waals surface area contributed by atoms with Crippen LogP contribution in [0.3, 0.4) is 0 Å². The number of nitrogens with zero attached hydrogens (tertiary/aromatic N) is 1. The molecule has 9 heteroatoms. The van der Waals surface area contributed by atoms with Gasteiger partial charge in [0, 0.05) is 11.0 Å². The van der Waals surface area contributed by atoms with Gasteiger partial charge in [0.25, 0.3) is 0 Å². The second kappa shape index (κ2) is 6.64. The van der Waals surface area contributed by atoms with Crippen molar-refractivity contribution < 1.29 is 26.7 Å². The van der Waals surface area contributed by atoms with Crippen LogP contribution in [0.1, 0.15) is 18.1 Å². The number of sulfonamides is 1. The van der Waals surface area contributed by atoms with Gasteiger partial charge in [-0.2, -0.15) is 17.5 Å². The zero-order chi connectivity index (χ0) is 16.4. The minimum atomic E-state index is -4.63. The molecule has 1 rings (SSSR count). The molecule has 0 aliphatic carbocycles. The fourth-order valence-electron chi connectivity index (χ4n) is 1.79. The number of aliphatic hydroxyl groups is 1. The monoisotopic (exact) mass is 389 g/mol. The van der Waals surface area contributed by atoms with Crippen LogP contribution in [-0.2, 0) is 16.6 Å². The van der Waals surface area contributed by atoms with Crippen LogP contribution >= 0.6 is 15.9 Å². The number of hydrogen-bond donors (Lipinski definition) is 1. The third-order valence-electron chi connectivity index (χ3n) is 2.79. The Morgan fingerprint density at radius 3 is 2.33 bits per heavy atom. The highest BCUT2D eigenvalue weighted by Crippen LogP contribution is 2.31. The van der Waals surface area contributed by atoms with Gasteiger partial charge in [-0.3, -0.25) is 0 Å². The van der Waals surface area contributed by atoms with Crippen molar-refractivity contribution in [2.45, 2.75) is 31.5 Å². The fourth-order valence-corrected chi connectivity index (χ4v) is 4.26. The lowest BCUT2D eigenvalue weighted by Gasteiger charge is -2.23. The van der Waals surface area contributed by atoms with Crippen molar-refractivity contribution in [1.82, 2.24) is 4.31 Å². The van der Waals surface area contributed by atoms with Crippen molar-refractivity contribution >= 4 is 26.0 Å². The summed E-state index contributed by atoms with van der Waals surface area (Å²) >= 11 is 3.09. The van der Waals surface area contributed by atoms with E-state index in [0.717, 1.165) is 0 Å². The van der Waals surface area contributed by atoms with Crippen LogP contribution < -0.4 is 0 Å². The van der Waals surface area contributed by atoms with Gasteiger partial charge in [-0.25, -0.2) is 8.42 Å².